The highest BCUT2D eigenvalue weighted by atomic mass is 16.6. The number of hydrogen-bond acceptors (Lipinski definition) is 4. The fraction of sp³-hybridized carbons (Fsp3) is 0.455. The Morgan fingerprint density at radius 3 is 2.76 bits per heavy atom. The lowest BCUT2D eigenvalue weighted by Gasteiger charge is -2.38. The van der Waals surface area contributed by atoms with E-state index in [9.17, 15) is 14.9 Å². The zero-order valence-electron chi connectivity index (χ0n) is 9.50. The number of rotatable bonds is 3. The Balaban J connectivity index is 1.97. The second-order valence-electron chi connectivity index (χ2n) is 4.05. The van der Waals surface area contributed by atoms with Gasteiger partial charge in [-0.25, -0.2) is 0 Å². The molecular weight excluding hydrogens is 222 g/mol. The van der Waals surface area contributed by atoms with Crippen molar-refractivity contribution in [3.63, 3.8) is 0 Å². The Morgan fingerprint density at radius 1 is 1.59 bits per heavy atom. The minimum absolute atomic E-state index is 0.00503. The third-order valence-corrected chi connectivity index (χ3v) is 2.94. The van der Waals surface area contributed by atoms with Gasteiger partial charge in [0.1, 0.15) is 6.20 Å². The first-order chi connectivity index (χ1) is 8.11. The average molecular weight is 235 g/mol. The number of aromatic nitrogens is 1. The van der Waals surface area contributed by atoms with E-state index in [1.165, 1.54) is 12.3 Å². The number of carbonyl (C=O) groups is 1. The van der Waals surface area contributed by atoms with Crippen molar-refractivity contribution in [2.75, 3.05) is 13.1 Å². The highest BCUT2D eigenvalue weighted by molar-refractivity contribution is 5.76. The lowest BCUT2D eigenvalue weighted by atomic mass is 9.95. The van der Waals surface area contributed by atoms with Crippen molar-refractivity contribution in [3.8, 4) is 0 Å². The third kappa shape index (κ3) is 2.25. The molecule has 6 nitrogen and oxygen atoms in total. The van der Waals surface area contributed by atoms with E-state index < -0.39 is 4.92 Å². The van der Waals surface area contributed by atoms with Crippen LogP contribution in [0.25, 0.3) is 0 Å². The molecule has 0 aromatic carbocycles. The minimum Gasteiger partial charge on any atom is -0.341 e. The standard InChI is InChI=1S/C11H13N3O3/c1-2-11(15)13-6-8(7-13)10-4-3-9(5-12-10)14(16)17/h3-5,8H,2,6-7H2,1H3. The molecule has 17 heavy (non-hydrogen) atoms. The van der Waals surface area contributed by atoms with E-state index in [-0.39, 0.29) is 17.5 Å². The molecule has 1 aromatic heterocycles. The Kier molecular flexibility index (Phi) is 3.03. The second-order valence-corrected chi connectivity index (χ2v) is 4.05. The summed E-state index contributed by atoms with van der Waals surface area (Å²) in [5, 5.41) is 10.5. The fourth-order valence-electron chi connectivity index (χ4n) is 1.84. The van der Waals surface area contributed by atoms with Gasteiger partial charge in [-0.3, -0.25) is 19.9 Å². The van der Waals surface area contributed by atoms with Gasteiger partial charge in [0.2, 0.25) is 5.91 Å². The van der Waals surface area contributed by atoms with Gasteiger partial charge in [0.05, 0.1) is 4.92 Å². The van der Waals surface area contributed by atoms with Crippen LogP contribution < -0.4 is 0 Å². The molecular formula is C11H13N3O3. The SMILES string of the molecule is CCC(=O)N1CC(c2ccc([N+](=O)[O-])cn2)C1. The van der Waals surface area contributed by atoms with Crippen molar-refractivity contribution in [2.24, 2.45) is 0 Å². The zero-order valence-corrected chi connectivity index (χ0v) is 9.50. The lowest BCUT2D eigenvalue weighted by Crippen LogP contribution is -2.48. The van der Waals surface area contributed by atoms with Crippen LogP contribution in [0.3, 0.4) is 0 Å². The maximum atomic E-state index is 11.3. The summed E-state index contributed by atoms with van der Waals surface area (Å²) >= 11 is 0. The normalized spacial score (nSPS) is 15.5. The molecule has 0 bridgehead atoms. The van der Waals surface area contributed by atoms with E-state index in [2.05, 4.69) is 4.98 Å². The molecule has 1 saturated heterocycles. The molecule has 1 amide bonds. The largest absolute Gasteiger partial charge is 0.341 e. The van der Waals surface area contributed by atoms with Gasteiger partial charge in [-0.1, -0.05) is 6.92 Å². The predicted molar refractivity (Wildman–Crippen MR) is 60.5 cm³/mol. The fourth-order valence-corrected chi connectivity index (χ4v) is 1.84. The molecule has 0 saturated carbocycles. The Bertz CT molecular complexity index is 438. The van der Waals surface area contributed by atoms with Gasteiger partial charge in [-0.15, -0.1) is 0 Å². The number of amides is 1. The Hall–Kier alpha value is -1.98. The van der Waals surface area contributed by atoms with Gasteiger partial charge in [-0.05, 0) is 6.07 Å². The highest BCUT2D eigenvalue weighted by Gasteiger charge is 2.31. The minimum atomic E-state index is -0.468. The van der Waals surface area contributed by atoms with Gasteiger partial charge >= 0.3 is 0 Å². The first-order valence-corrected chi connectivity index (χ1v) is 5.50. The number of likely N-dealkylation sites (tertiary alicyclic amines) is 1. The van der Waals surface area contributed by atoms with Gasteiger partial charge in [-0.2, -0.15) is 0 Å². The monoisotopic (exact) mass is 235 g/mol. The number of pyridine rings is 1. The molecule has 1 aromatic rings. The summed E-state index contributed by atoms with van der Waals surface area (Å²) < 4.78 is 0. The quantitative estimate of drug-likeness (QED) is 0.585. The van der Waals surface area contributed by atoms with E-state index in [0.717, 1.165) is 5.69 Å². The Labute approximate surface area is 98.4 Å². The van der Waals surface area contributed by atoms with Crippen LogP contribution in [0, 0.1) is 10.1 Å². The van der Waals surface area contributed by atoms with Crippen LogP contribution in [0.15, 0.2) is 18.3 Å². The van der Waals surface area contributed by atoms with Crippen LogP contribution in [0.1, 0.15) is 25.0 Å². The van der Waals surface area contributed by atoms with E-state index in [1.807, 2.05) is 6.92 Å². The van der Waals surface area contributed by atoms with Gasteiger partial charge in [0.15, 0.2) is 0 Å². The van der Waals surface area contributed by atoms with Crippen molar-refractivity contribution in [3.05, 3.63) is 34.1 Å². The van der Waals surface area contributed by atoms with E-state index in [1.54, 1.807) is 11.0 Å². The number of nitro groups is 1. The van der Waals surface area contributed by atoms with Crippen LogP contribution in [-0.2, 0) is 4.79 Å². The molecule has 1 fully saturated rings. The first-order valence-electron chi connectivity index (χ1n) is 5.50. The van der Waals surface area contributed by atoms with Gasteiger partial charge < -0.3 is 4.90 Å². The molecule has 0 unspecified atom stereocenters. The molecule has 6 heteroatoms. The predicted octanol–water partition coefficient (Wildman–Crippen LogP) is 1.33. The second kappa shape index (κ2) is 4.48. The smallest absolute Gasteiger partial charge is 0.287 e. The Morgan fingerprint density at radius 2 is 2.29 bits per heavy atom. The van der Waals surface area contributed by atoms with Crippen LogP contribution in [0.5, 0.6) is 0 Å². The molecule has 1 aliphatic rings. The number of hydrogen-bond donors (Lipinski definition) is 0. The molecule has 0 N–H and O–H groups in total. The van der Waals surface area contributed by atoms with Crippen LogP contribution in [0.4, 0.5) is 5.69 Å². The van der Waals surface area contributed by atoms with Crippen LogP contribution >= 0.6 is 0 Å². The summed E-state index contributed by atoms with van der Waals surface area (Å²) in [6, 6.07) is 3.11. The van der Waals surface area contributed by atoms with Crippen LogP contribution in [0.2, 0.25) is 0 Å². The third-order valence-electron chi connectivity index (χ3n) is 2.94. The summed E-state index contributed by atoms with van der Waals surface area (Å²) in [7, 11) is 0. The van der Waals surface area contributed by atoms with E-state index in [0.29, 0.717) is 19.5 Å². The molecule has 1 aliphatic heterocycles. The number of carbonyl (C=O) groups excluding carboxylic acids is 1. The molecule has 90 valence electrons. The lowest BCUT2D eigenvalue weighted by molar-refractivity contribution is -0.385. The van der Waals surface area contributed by atoms with Crippen LogP contribution in [-0.4, -0.2) is 33.8 Å². The van der Waals surface area contributed by atoms with Crippen molar-refractivity contribution in [1.82, 2.24) is 9.88 Å². The molecule has 0 atom stereocenters. The highest BCUT2D eigenvalue weighted by Crippen LogP contribution is 2.26. The van der Waals surface area contributed by atoms with E-state index in [4.69, 9.17) is 0 Å². The maximum Gasteiger partial charge on any atom is 0.287 e. The molecule has 2 heterocycles. The topological polar surface area (TPSA) is 76.3 Å². The first kappa shape index (κ1) is 11.5. The summed E-state index contributed by atoms with van der Waals surface area (Å²) in [6.45, 7) is 3.16. The van der Waals surface area contributed by atoms with Crippen molar-refractivity contribution in [2.45, 2.75) is 19.3 Å². The molecule has 0 spiro atoms. The zero-order chi connectivity index (χ0) is 12.4. The summed E-state index contributed by atoms with van der Waals surface area (Å²) in [4.78, 5) is 27.2. The van der Waals surface area contributed by atoms with Crippen molar-refractivity contribution >= 4 is 11.6 Å². The maximum absolute atomic E-state index is 11.3. The van der Waals surface area contributed by atoms with Gasteiger partial charge in [0, 0.05) is 37.2 Å². The molecule has 0 radical (unpaired) electrons. The summed E-state index contributed by atoms with van der Waals surface area (Å²) in [5.41, 5.74) is 0.810. The van der Waals surface area contributed by atoms with Crippen molar-refractivity contribution in [1.29, 1.82) is 0 Å². The van der Waals surface area contributed by atoms with Gasteiger partial charge in [0.25, 0.3) is 5.69 Å². The van der Waals surface area contributed by atoms with Crippen molar-refractivity contribution < 1.29 is 9.72 Å². The van der Waals surface area contributed by atoms with E-state index >= 15 is 0 Å². The summed E-state index contributed by atoms with van der Waals surface area (Å²) in [6.07, 6.45) is 1.78. The summed E-state index contributed by atoms with van der Waals surface area (Å²) in [5.74, 6) is 0.356. The average Bonchev–Trinajstić information content (AvgIpc) is 2.27. The molecule has 0 aliphatic carbocycles. The molecule has 2 rings (SSSR count). The number of nitrogens with zero attached hydrogens (tertiary/aromatic N) is 3.